The van der Waals surface area contributed by atoms with Crippen molar-refractivity contribution in [1.82, 2.24) is 4.98 Å². The lowest BCUT2D eigenvalue weighted by Gasteiger charge is -2.32. The van der Waals surface area contributed by atoms with Crippen molar-refractivity contribution in [3.05, 3.63) is 24.5 Å². The number of aromatic nitrogens is 1. The lowest BCUT2D eigenvalue weighted by atomic mass is 9.93. The van der Waals surface area contributed by atoms with E-state index in [2.05, 4.69) is 9.88 Å². The Bertz CT molecular complexity index is 345. The van der Waals surface area contributed by atoms with Gasteiger partial charge in [0.2, 0.25) is 0 Å². The minimum absolute atomic E-state index is 0.310. The van der Waals surface area contributed by atoms with Crippen LogP contribution in [-0.4, -0.2) is 29.1 Å². The molecule has 0 unspecified atom stereocenters. The number of rotatable bonds is 3. The fraction of sp³-hybridized carbons (Fsp3) is 0.500. The highest BCUT2D eigenvalue weighted by Gasteiger charge is 2.21. The average molecular weight is 220 g/mol. The van der Waals surface area contributed by atoms with E-state index in [-0.39, 0.29) is 0 Å². The number of aliphatic carboxylic acids is 1. The molecule has 4 nitrogen and oxygen atoms in total. The molecule has 0 aliphatic carbocycles. The number of carboxylic acids is 1. The SMILES string of the molecule is O=C(O)CC1CCN(c2ccncc2)CC1. The number of anilines is 1. The highest BCUT2D eigenvalue weighted by molar-refractivity contribution is 5.67. The van der Waals surface area contributed by atoms with Crippen LogP contribution in [0.1, 0.15) is 19.3 Å². The van der Waals surface area contributed by atoms with Gasteiger partial charge in [-0.3, -0.25) is 9.78 Å². The van der Waals surface area contributed by atoms with Crippen LogP contribution in [0.15, 0.2) is 24.5 Å². The molecule has 2 heterocycles. The van der Waals surface area contributed by atoms with E-state index in [1.165, 1.54) is 5.69 Å². The van der Waals surface area contributed by atoms with Crippen molar-refractivity contribution in [2.45, 2.75) is 19.3 Å². The number of piperidine rings is 1. The van der Waals surface area contributed by atoms with E-state index in [4.69, 9.17) is 5.11 Å². The maximum atomic E-state index is 10.6. The monoisotopic (exact) mass is 220 g/mol. The Balaban J connectivity index is 1.88. The van der Waals surface area contributed by atoms with Gasteiger partial charge in [-0.25, -0.2) is 0 Å². The third-order valence-electron chi connectivity index (χ3n) is 3.11. The number of hydrogen-bond acceptors (Lipinski definition) is 3. The number of pyridine rings is 1. The molecule has 0 bridgehead atoms. The third-order valence-corrected chi connectivity index (χ3v) is 3.11. The largest absolute Gasteiger partial charge is 0.481 e. The van der Waals surface area contributed by atoms with E-state index in [1.807, 2.05) is 12.1 Å². The fourth-order valence-corrected chi connectivity index (χ4v) is 2.20. The van der Waals surface area contributed by atoms with Crippen LogP contribution < -0.4 is 4.90 Å². The molecule has 0 amide bonds. The molecular weight excluding hydrogens is 204 g/mol. The van der Waals surface area contributed by atoms with Crippen molar-refractivity contribution in [3.8, 4) is 0 Å². The van der Waals surface area contributed by atoms with Gasteiger partial charge in [0.25, 0.3) is 0 Å². The van der Waals surface area contributed by atoms with Crippen LogP contribution in [0.25, 0.3) is 0 Å². The Morgan fingerprint density at radius 1 is 1.38 bits per heavy atom. The van der Waals surface area contributed by atoms with Crippen LogP contribution in [0.4, 0.5) is 5.69 Å². The predicted octanol–water partition coefficient (Wildman–Crippen LogP) is 1.77. The summed E-state index contributed by atoms with van der Waals surface area (Å²) in [5.41, 5.74) is 1.18. The molecule has 1 aliphatic heterocycles. The van der Waals surface area contributed by atoms with E-state index in [0.29, 0.717) is 12.3 Å². The van der Waals surface area contributed by atoms with Crippen LogP contribution in [0.3, 0.4) is 0 Å². The molecule has 0 radical (unpaired) electrons. The molecule has 2 rings (SSSR count). The first kappa shape index (κ1) is 10.9. The molecule has 1 saturated heterocycles. The summed E-state index contributed by atoms with van der Waals surface area (Å²) in [6, 6.07) is 4.00. The summed E-state index contributed by atoms with van der Waals surface area (Å²) in [4.78, 5) is 16.9. The third kappa shape index (κ3) is 2.72. The zero-order valence-corrected chi connectivity index (χ0v) is 9.17. The predicted molar refractivity (Wildman–Crippen MR) is 61.4 cm³/mol. The summed E-state index contributed by atoms with van der Waals surface area (Å²) in [5.74, 6) is -0.335. The number of nitrogens with zero attached hydrogens (tertiary/aromatic N) is 2. The van der Waals surface area contributed by atoms with Gasteiger partial charge >= 0.3 is 5.97 Å². The molecule has 1 fully saturated rings. The second kappa shape index (κ2) is 4.96. The second-order valence-corrected chi connectivity index (χ2v) is 4.23. The molecule has 0 atom stereocenters. The first-order valence-corrected chi connectivity index (χ1v) is 5.62. The fourth-order valence-electron chi connectivity index (χ4n) is 2.20. The van der Waals surface area contributed by atoms with Crippen LogP contribution in [-0.2, 0) is 4.79 Å². The smallest absolute Gasteiger partial charge is 0.303 e. The topological polar surface area (TPSA) is 53.4 Å². The van der Waals surface area contributed by atoms with Gasteiger partial charge in [-0.1, -0.05) is 0 Å². The van der Waals surface area contributed by atoms with Crippen molar-refractivity contribution < 1.29 is 9.90 Å². The molecule has 0 spiro atoms. The Morgan fingerprint density at radius 2 is 2.00 bits per heavy atom. The molecule has 1 aliphatic rings. The van der Waals surface area contributed by atoms with Gasteiger partial charge in [0.1, 0.15) is 0 Å². The number of carboxylic acid groups (broad SMARTS) is 1. The first-order valence-electron chi connectivity index (χ1n) is 5.62. The summed E-state index contributed by atoms with van der Waals surface area (Å²) in [5, 5.41) is 8.73. The van der Waals surface area contributed by atoms with Gasteiger partial charge in [-0.15, -0.1) is 0 Å². The zero-order valence-electron chi connectivity index (χ0n) is 9.17. The minimum atomic E-state index is -0.678. The van der Waals surface area contributed by atoms with Crippen LogP contribution >= 0.6 is 0 Å². The van der Waals surface area contributed by atoms with Crippen molar-refractivity contribution in [1.29, 1.82) is 0 Å². The minimum Gasteiger partial charge on any atom is -0.481 e. The Morgan fingerprint density at radius 3 is 2.56 bits per heavy atom. The zero-order chi connectivity index (χ0) is 11.4. The van der Waals surface area contributed by atoms with Crippen molar-refractivity contribution in [3.63, 3.8) is 0 Å². The summed E-state index contributed by atoms with van der Waals surface area (Å²) >= 11 is 0. The standard InChI is InChI=1S/C12H16N2O2/c15-12(16)9-10-3-7-14(8-4-10)11-1-5-13-6-2-11/h1-2,5-6,10H,3-4,7-9H2,(H,15,16). The Hall–Kier alpha value is -1.58. The van der Waals surface area contributed by atoms with Crippen LogP contribution in [0.2, 0.25) is 0 Å². The molecule has 0 saturated carbocycles. The van der Waals surface area contributed by atoms with Gasteiger partial charge in [0.05, 0.1) is 0 Å². The Labute approximate surface area is 94.9 Å². The normalized spacial score (nSPS) is 17.4. The molecule has 86 valence electrons. The lowest BCUT2D eigenvalue weighted by molar-refractivity contribution is -0.138. The van der Waals surface area contributed by atoms with E-state index >= 15 is 0 Å². The maximum Gasteiger partial charge on any atom is 0.303 e. The van der Waals surface area contributed by atoms with Gasteiger partial charge in [-0.05, 0) is 30.9 Å². The lowest BCUT2D eigenvalue weighted by Crippen LogP contribution is -2.34. The van der Waals surface area contributed by atoms with E-state index < -0.39 is 5.97 Å². The quantitative estimate of drug-likeness (QED) is 0.843. The molecule has 16 heavy (non-hydrogen) atoms. The van der Waals surface area contributed by atoms with Gasteiger partial charge in [-0.2, -0.15) is 0 Å². The summed E-state index contributed by atoms with van der Waals surface area (Å²) in [6.45, 7) is 1.89. The van der Waals surface area contributed by atoms with E-state index in [1.54, 1.807) is 12.4 Å². The molecular formula is C12H16N2O2. The van der Waals surface area contributed by atoms with E-state index in [9.17, 15) is 4.79 Å². The van der Waals surface area contributed by atoms with Crippen LogP contribution in [0, 0.1) is 5.92 Å². The highest BCUT2D eigenvalue weighted by atomic mass is 16.4. The van der Waals surface area contributed by atoms with E-state index in [0.717, 1.165) is 25.9 Å². The average Bonchev–Trinajstić information content (AvgIpc) is 2.30. The molecule has 1 aromatic rings. The van der Waals surface area contributed by atoms with Crippen molar-refractivity contribution >= 4 is 11.7 Å². The first-order chi connectivity index (χ1) is 7.75. The summed E-state index contributed by atoms with van der Waals surface area (Å²) in [7, 11) is 0. The van der Waals surface area contributed by atoms with Gasteiger partial charge in [0.15, 0.2) is 0 Å². The molecule has 1 aromatic heterocycles. The number of hydrogen-bond donors (Lipinski definition) is 1. The molecule has 0 aromatic carbocycles. The molecule has 1 N–H and O–H groups in total. The van der Waals surface area contributed by atoms with Crippen molar-refractivity contribution in [2.24, 2.45) is 5.92 Å². The van der Waals surface area contributed by atoms with Crippen molar-refractivity contribution in [2.75, 3.05) is 18.0 Å². The molecule has 4 heteroatoms. The Kier molecular flexibility index (Phi) is 3.39. The van der Waals surface area contributed by atoms with Gasteiger partial charge in [0, 0.05) is 37.6 Å². The summed E-state index contributed by atoms with van der Waals surface area (Å²) < 4.78 is 0. The van der Waals surface area contributed by atoms with Gasteiger partial charge < -0.3 is 10.0 Å². The van der Waals surface area contributed by atoms with Crippen LogP contribution in [0.5, 0.6) is 0 Å². The highest BCUT2D eigenvalue weighted by Crippen LogP contribution is 2.24. The maximum absolute atomic E-state index is 10.6. The second-order valence-electron chi connectivity index (χ2n) is 4.23. The summed E-state index contributed by atoms with van der Waals surface area (Å²) in [6.07, 6.45) is 5.82. The number of carbonyl (C=O) groups is 1.